The van der Waals surface area contributed by atoms with Crippen molar-refractivity contribution in [3.8, 4) is 0 Å². The molecule has 1 unspecified atom stereocenters. The first kappa shape index (κ1) is 24.2. The number of unbranched alkanes of at least 4 members (excludes halogenated alkanes) is 2. The Morgan fingerprint density at radius 1 is 1.06 bits per heavy atom. The molecule has 0 N–H and O–H groups in total. The summed E-state index contributed by atoms with van der Waals surface area (Å²) in [4.78, 5) is 13.0. The van der Waals surface area contributed by atoms with E-state index in [-0.39, 0.29) is 10.9 Å². The highest BCUT2D eigenvalue weighted by Gasteiger charge is 2.29. The van der Waals surface area contributed by atoms with Gasteiger partial charge in [0.15, 0.2) is 16.1 Å². The van der Waals surface area contributed by atoms with Crippen molar-refractivity contribution in [1.82, 2.24) is 0 Å². The van der Waals surface area contributed by atoms with E-state index in [0.29, 0.717) is 32.7 Å². The normalized spacial score (nSPS) is 15.8. The first-order chi connectivity index (χ1) is 15.5. The first-order valence-corrected chi connectivity index (χ1v) is 12.5. The Morgan fingerprint density at radius 3 is 2.47 bits per heavy atom. The monoisotopic (exact) mass is 458 g/mol. The van der Waals surface area contributed by atoms with E-state index in [1.807, 2.05) is 24.3 Å². The molecule has 6 nitrogen and oxygen atoms in total. The third-order valence-electron chi connectivity index (χ3n) is 5.28. The molecule has 2 aromatic carbocycles. The third-order valence-corrected chi connectivity index (χ3v) is 6.76. The average Bonchev–Trinajstić information content (AvgIpc) is 3.34. The van der Waals surface area contributed by atoms with Crippen LogP contribution in [0, 0.1) is 0 Å². The molecule has 1 saturated heterocycles. The van der Waals surface area contributed by atoms with Crippen molar-refractivity contribution >= 4 is 15.8 Å². The maximum atomic E-state index is 12.7. The Labute approximate surface area is 190 Å². The van der Waals surface area contributed by atoms with E-state index in [9.17, 15) is 13.2 Å². The quantitative estimate of drug-likeness (QED) is 0.351. The molecule has 1 aliphatic heterocycles. The van der Waals surface area contributed by atoms with Gasteiger partial charge in [-0.25, -0.2) is 8.42 Å². The van der Waals surface area contributed by atoms with Gasteiger partial charge in [0.05, 0.1) is 30.6 Å². The number of allylic oxidation sites excluding steroid dienone is 1. The Balaban J connectivity index is 1.61. The topological polar surface area (TPSA) is 78.9 Å². The molecule has 2 aromatic rings. The van der Waals surface area contributed by atoms with E-state index >= 15 is 0 Å². The fourth-order valence-corrected chi connectivity index (χ4v) is 4.80. The second-order valence-electron chi connectivity index (χ2n) is 7.52. The lowest BCUT2D eigenvalue weighted by atomic mass is 9.89. The molecule has 0 radical (unpaired) electrons. The van der Waals surface area contributed by atoms with E-state index < -0.39 is 22.0 Å². The Bertz CT molecular complexity index is 994. The van der Waals surface area contributed by atoms with Crippen LogP contribution in [-0.2, 0) is 28.8 Å². The number of carbonyl (C=O) groups excluding carboxylic acids is 1. The third kappa shape index (κ3) is 6.51. The van der Waals surface area contributed by atoms with Crippen molar-refractivity contribution < 1.29 is 27.4 Å². The van der Waals surface area contributed by atoms with Gasteiger partial charge in [0, 0.05) is 11.0 Å². The predicted octanol–water partition coefficient (Wildman–Crippen LogP) is 4.93. The molecule has 0 saturated carbocycles. The minimum atomic E-state index is -3.43. The number of sulfone groups is 1. The Morgan fingerprint density at radius 2 is 1.75 bits per heavy atom. The molecule has 1 heterocycles. The van der Waals surface area contributed by atoms with Crippen molar-refractivity contribution in [2.24, 2.45) is 0 Å². The smallest absolute Gasteiger partial charge is 0.313 e. The van der Waals surface area contributed by atoms with Crippen molar-refractivity contribution in [3.05, 3.63) is 77.2 Å². The molecule has 0 aliphatic carbocycles. The van der Waals surface area contributed by atoms with E-state index in [1.165, 1.54) is 5.41 Å². The minimum Gasteiger partial charge on any atom is -0.466 e. The molecule has 3 rings (SSSR count). The summed E-state index contributed by atoms with van der Waals surface area (Å²) >= 11 is 0. The van der Waals surface area contributed by atoms with E-state index in [4.69, 9.17) is 14.2 Å². The number of ether oxygens (including phenoxy) is 3. The fourth-order valence-electron chi connectivity index (χ4n) is 3.72. The van der Waals surface area contributed by atoms with E-state index in [2.05, 4.69) is 0 Å². The molecule has 7 heteroatoms. The summed E-state index contributed by atoms with van der Waals surface area (Å²) in [6.07, 6.45) is 3.93. The fraction of sp³-hybridized carbons (Fsp3) is 0.400. The highest BCUT2D eigenvalue weighted by Crippen LogP contribution is 2.34. The highest BCUT2D eigenvalue weighted by molar-refractivity contribution is 7.94. The lowest BCUT2D eigenvalue weighted by Gasteiger charge is -2.21. The van der Waals surface area contributed by atoms with Gasteiger partial charge in [-0.3, -0.25) is 4.79 Å². The molecule has 1 aliphatic rings. The van der Waals surface area contributed by atoms with Crippen LogP contribution in [0.5, 0.6) is 0 Å². The van der Waals surface area contributed by atoms with Crippen molar-refractivity contribution in [1.29, 1.82) is 0 Å². The number of carbonyl (C=O) groups is 1. The maximum Gasteiger partial charge on any atom is 0.313 e. The van der Waals surface area contributed by atoms with Crippen LogP contribution in [0.25, 0.3) is 0 Å². The summed E-state index contributed by atoms with van der Waals surface area (Å²) in [7, 11) is -3.43. The van der Waals surface area contributed by atoms with Crippen LogP contribution in [0.3, 0.4) is 0 Å². The van der Waals surface area contributed by atoms with E-state index in [0.717, 1.165) is 24.0 Å². The average molecular weight is 459 g/mol. The van der Waals surface area contributed by atoms with Crippen molar-refractivity contribution in [3.63, 3.8) is 0 Å². The standard InChI is InChI=1S/C25H30O6S/c1-2-29-24(26)22(21-14-9-10-16-23(21)25-30-17-18-31-25)15-8-3-4-11-19-32(27,28)20-12-6-5-7-13-20/h5-7,9-14,16,19,22,25H,2-4,8,15,17-18H2,1H3/b19-11+. The van der Waals surface area contributed by atoms with Crippen LogP contribution in [0.1, 0.15) is 55.9 Å². The molecule has 0 bridgehead atoms. The van der Waals surface area contributed by atoms with Gasteiger partial charge in [0.1, 0.15) is 0 Å². The van der Waals surface area contributed by atoms with Crippen LogP contribution < -0.4 is 0 Å². The van der Waals surface area contributed by atoms with Gasteiger partial charge >= 0.3 is 5.97 Å². The Hall–Kier alpha value is -2.48. The van der Waals surface area contributed by atoms with Crippen LogP contribution in [0.15, 0.2) is 71.0 Å². The first-order valence-electron chi connectivity index (χ1n) is 11.0. The molecule has 0 spiro atoms. The van der Waals surface area contributed by atoms with Crippen LogP contribution >= 0.6 is 0 Å². The maximum absolute atomic E-state index is 12.7. The number of hydrogen-bond acceptors (Lipinski definition) is 6. The highest BCUT2D eigenvalue weighted by atomic mass is 32.2. The number of benzene rings is 2. The molecule has 0 amide bonds. The van der Waals surface area contributed by atoms with Crippen molar-refractivity contribution in [2.75, 3.05) is 19.8 Å². The molecule has 1 fully saturated rings. The summed E-state index contributed by atoms with van der Waals surface area (Å²) in [6, 6.07) is 16.0. The molecule has 32 heavy (non-hydrogen) atoms. The second kappa shape index (κ2) is 11.9. The van der Waals surface area contributed by atoms with Gasteiger partial charge in [-0.1, -0.05) is 55.0 Å². The number of hydrogen-bond donors (Lipinski definition) is 0. The predicted molar refractivity (Wildman–Crippen MR) is 122 cm³/mol. The molecule has 172 valence electrons. The van der Waals surface area contributed by atoms with Gasteiger partial charge in [0.25, 0.3) is 0 Å². The van der Waals surface area contributed by atoms with Gasteiger partial charge in [-0.15, -0.1) is 0 Å². The van der Waals surface area contributed by atoms with Gasteiger partial charge in [-0.05, 0) is 43.9 Å². The van der Waals surface area contributed by atoms with Gasteiger partial charge in [-0.2, -0.15) is 0 Å². The lowest BCUT2D eigenvalue weighted by Crippen LogP contribution is -2.19. The summed E-state index contributed by atoms with van der Waals surface area (Å²) < 4.78 is 41.3. The second-order valence-corrected chi connectivity index (χ2v) is 9.35. The number of esters is 1. The largest absolute Gasteiger partial charge is 0.466 e. The zero-order valence-electron chi connectivity index (χ0n) is 18.3. The lowest BCUT2D eigenvalue weighted by molar-refractivity contribution is -0.145. The molecular weight excluding hydrogens is 428 g/mol. The van der Waals surface area contributed by atoms with Gasteiger partial charge < -0.3 is 14.2 Å². The summed E-state index contributed by atoms with van der Waals surface area (Å²) in [5, 5.41) is 1.26. The zero-order chi connectivity index (χ0) is 22.8. The Kier molecular flexibility index (Phi) is 9.02. The molecule has 0 aromatic heterocycles. The van der Waals surface area contributed by atoms with Gasteiger partial charge in [0.2, 0.25) is 0 Å². The molecule has 1 atom stereocenters. The van der Waals surface area contributed by atoms with E-state index in [1.54, 1.807) is 43.3 Å². The summed E-state index contributed by atoms with van der Waals surface area (Å²) in [5.74, 6) is -0.684. The SMILES string of the molecule is CCOC(=O)C(CCCC/C=C/S(=O)(=O)c1ccccc1)c1ccccc1C1OCCO1. The summed E-state index contributed by atoms with van der Waals surface area (Å²) in [5.41, 5.74) is 1.72. The van der Waals surface area contributed by atoms with Crippen LogP contribution in [0.4, 0.5) is 0 Å². The summed E-state index contributed by atoms with van der Waals surface area (Å²) in [6.45, 7) is 3.17. The van der Waals surface area contributed by atoms with Crippen LogP contribution in [0.2, 0.25) is 0 Å². The molecular formula is C25H30O6S. The van der Waals surface area contributed by atoms with Crippen molar-refractivity contribution in [2.45, 2.75) is 49.7 Å². The number of rotatable bonds is 11. The van der Waals surface area contributed by atoms with Crippen LogP contribution in [-0.4, -0.2) is 34.2 Å². The minimum absolute atomic E-state index is 0.264. The zero-order valence-corrected chi connectivity index (χ0v) is 19.1.